The number of hydrogen-bond acceptors (Lipinski definition) is 3. The lowest BCUT2D eigenvalue weighted by Crippen LogP contribution is -2.33. The molecule has 98 valence electrons. The van der Waals surface area contributed by atoms with E-state index in [1.807, 2.05) is 17.9 Å². The first-order valence-corrected chi connectivity index (χ1v) is 6.22. The molecule has 1 aliphatic rings. The highest BCUT2D eigenvalue weighted by atomic mass is 35.5. The van der Waals surface area contributed by atoms with Crippen LogP contribution in [0.3, 0.4) is 0 Å². The molecule has 2 rings (SSSR count). The van der Waals surface area contributed by atoms with Gasteiger partial charge in [-0.2, -0.15) is 5.10 Å². The lowest BCUT2D eigenvalue weighted by Gasteiger charge is -2.19. The van der Waals surface area contributed by atoms with Crippen LogP contribution in [-0.2, 0) is 13.6 Å². The second-order valence-electron chi connectivity index (χ2n) is 4.56. The Labute approximate surface area is 110 Å². The molecule has 0 saturated heterocycles. The maximum absolute atomic E-state index is 4.15. The summed E-state index contributed by atoms with van der Waals surface area (Å²) < 4.78 is 1.85. The summed E-state index contributed by atoms with van der Waals surface area (Å²) in [5.74, 6) is 0. The number of rotatable bonds is 7. The van der Waals surface area contributed by atoms with Crippen LogP contribution in [0.25, 0.3) is 0 Å². The highest BCUT2D eigenvalue weighted by molar-refractivity contribution is 5.85. The summed E-state index contributed by atoms with van der Waals surface area (Å²) in [7, 11) is 1.95. The van der Waals surface area contributed by atoms with Gasteiger partial charge in [0.05, 0.1) is 6.20 Å². The number of nitrogens with one attached hydrogen (secondary N) is 1. The van der Waals surface area contributed by atoms with Crippen molar-refractivity contribution in [3.8, 4) is 0 Å². The molecule has 1 fully saturated rings. The van der Waals surface area contributed by atoms with Crippen molar-refractivity contribution < 1.29 is 0 Å². The van der Waals surface area contributed by atoms with E-state index >= 15 is 0 Å². The van der Waals surface area contributed by atoms with Crippen molar-refractivity contribution in [3.05, 3.63) is 18.0 Å². The largest absolute Gasteiger partial charge is 0.311 e. The van der Waals surface area contributed by atoms with Gasteiger partial charge >= 0.3 is 0 Å². The highest BCUT2D eigenvalue weighted by Crippen LogP contribution is 2.25. The zero-order valence-corrected chi connectivity index (χ0v) is 11.5. The summed E-state index contributed by atoms with van der Waals surface area (Å²) in [6.45, 7) is 6.59. The third-order valence-electron chi connectivity index (χ3n) is 3.13. The van der Waals surface area contributed by atoms with Crippen LogP contribution in [-0.4, -0.2) is 40.4 Å². The van der Waals surface area contributed by atoms with E-state index in [1.54, 1.807) is 0 Å². The van der Waals surface area contributed by atoms with Gasteiger partial charge in [-0.05, 0) is 19.4 Å². The van der Waals surface area contributed by atoms with E-state index < -0.39 is 0 Å². The molecule has 1 aliphatic carbocycles. The number of aromatic nitrogens is 2. The number of halogens is 1. The van der Waals surface area contributed by atoms with E-state index in [1.165, 1.54) is 31.5 Å². The molecule has 1 heterocycles. The molecule has 0 radical (unpaired) electrons. The molecule has 0 spiro atoms. The van der Waals surface area contributed by atoms with Gasteiger partial charge in [0.25, 0.3) is 0 Å². The molecule has 0 bridgehead atoms. The smallest absolute Gasteiger partial charge is 0.0534 e. The van der Waals surface area contributed by atoms with Crippen LogP contribution >= 0.6 is 12.4 Å². The van der Waals surface area contributed by atoms with Crippen molar-refractivity contribution in [1.82, 2.24) is 20.0 Å². The first kappa shape index (κ1) is 14.5. The van der Waals surface area contributed by atoms with Gasteiger partial charge in [-0.1, -0.05) is 6.92 Å². The van der Waals surface area contributed by atoms with E-state index in [-0.39, 0.29) is 12.4 Å². The first-order valence-electron chi connectivity index (χ1n) is 6.22. The van der Waals surface area contributed by atoms with E-state index in [0.717, 1.165) is 19.1 Å². The Morgan fingerprint density at radius 2 is 2.29 bits per heavy atom. The molecule has 1 N–H and O–H groups in total. The fourth-order valence-corrected chi connectivity index (χ4v) is 2.06. The second kappa shape index (κ2) is 6.99. The minimum absolute atomic E-state index is 0. The summed E-state index contributed by atoms with van der Waals surface area (Å²) in [5.41, 5.74) is 1.26. The van der Waals surface area contributed by atoms with Crippen LogP contribution in [0.1, 0.15) is 25.3 Å². The van der Waals surface area contributed by atoms with Gasteiger partial charge in [0, 0.05) is 44.5 Å². The molecule has 4 nitrogen and oxygen atoms in total. The maximum atomic E-state index is 4.15. The standard InChI is InChI=1S/C12H22N4.ClH/c1-3-16(12-4-5-12)7-6-13-8-11-9-14-15(2)10-11;/h9-10,12-13H,3-8H2,1-2H3;1H. The van der Waals surface area contributed by atoms with Gasteiger partial charge in [-0.3, -0.25) is 9.58 Å². The highest BCUT2D eigenvalue weighted by Gasteiger charge is 2.26. The topological polar surface area (TPSA) is 33.1 Å². The van der Waals surface area contributed by atoms with Gasteiger partial charge in [0.15, 0.2) is 0 Å². The lowest BCUT2D eigenvalue weighted by molar-refractivity contribution is 0.277. The predicted molar refractivity (Wildman–Crippen MR) is 72.4 cm³/mol. The van der Waals surface area contributed by atoms with Crippen molar-refractivity contribution in [3.63, 3.8) is 0 Å². The van der Waals surface area contributed by atoms with Crippen molar-refractivity contribution in [2.75, 3.05) is 19.6 Å². The molecule has 0 amide bonds. The average Bonchev–Trinajstić information content (AvgIpc) is 3.03. The van der Waals surface area contributed by atoms with Crippen molar-refractivity contribution in [1.29, 1.82) is 0 Å². The number of aryl methyl sites for hydroxylation is 1. The summed E-state index contributed by atoms with van der Waals surface area (Å²) in [5, 5.41) is 7.62. The van der Waals surface area contributed by atoms with Gasteiger partial charge in [-0.15, -0.1) is 12.4 Å². The van der Waals surface area contributed by atoms with Crippen LogP contribution in [0, 0.1) is 0 Å². The molecule has 1 aromatic heterocycles. The molecule has 0 aliphatic heterocycles. The van der Waals surface area contributed by atoms with Crippen LogP contribution < -0.4 is 5.32 Å². The summed E-state index contributed by atoms with van der Waals surface area (Å²) in [6.07, 6.45) is 6.78. The van der Waals surface area contributed by atoms with Crippen LogP contribution in [0.4, 0.5) is 0 Å². The Kier molecular flexibility index (Phi) is 5.95. The van der Waals surface area contributed by atoms with Crippen molar-refractivity contribution >= 4 is 12.4 Å². The zero-order valence-electron chi connectivity index (χ0n) is 10.7. The minimum atomic E-state index is 0. The minimum Gasteiger partial charge on any atom is -0.311 e. The summed E-state index contributed by atoms with van der Waals surface area (Å²) in [6, 6.07) is 0.880. The maximum Gasteiger partial charge on any atom is 0.0534 e. The van der Waals surface area contributed by atoms with E-state index in [9.17, 15) is 0 Å². The van der Waals surface area contributed by atoms with E-state index in [4.69, 9.17) is 0 Å². The molecule has 0 atom stereocenters. The molecular formula is C12H23ClN4. The number of likely N-dealkylation sites (N-methyl/N-ethyl adjacent to an activating group) is 1. The van der Waals surface area contributed by atoms with Crippen molar-refractivity contribution in [2.24, 2.45) is 7.05 Å². The second-order valence-corrected chi connectivity index (χ2v) is 4.56. The van der Waals surface area contributed by atoms with E-state index in [2.05, 4.69) is 28.4 Å². The van der Waals surface area contributed by atoms with Crippen LogP contribution in [0.15, 0.2) is 12.4 Å². The van der Waals surface area contributed by atoms with Gasteiger partial charge in [-0.25, -0.2) is 0 Å². The Morgan fingerprint density at radius 1 is 1.53 bits per heavy atom. The third kappa shape index (κ3) is 4.66. The van der Waals surface area contributed by atoms with Crippen LogP contribution in [0.5, 0.6) is 0 Å². The zero-order chi connectivity index (χ0) is 11.4. The van der Waals surface area contributed by atoms with Crippen molar-refractivity contribution in [2.45, 2.75) is 32.4 Å². The number of hydrogen-bond donors (Lipinski definition) is 1. The molecule has 0 aromatic carbocycles. The number of nitrogens with zero attached hydrogens (tertiary/aromatic N) is 3. The molecule has 0 unspecified atom stereocenters. The Bertz CT molecular complexity index is 322. The molecule has 1 aromatic rings. The summed E-state index contributed by atoms with van der Waals surface area (Å²) >= 11 is 0. The normalized spacial score (nSPS) is 15.0. The van der Waals surface area contributed by atoms with Gasteiger partial charge < -0.3 is 5.32 Å². The Morgan fingerprint density at radius 3 is 2.82 bits per heavy atom. The fourth-order valence-electron chi connectivity index (χ4n) is 2.06. The molecule has 1 saturated carbocycles. The first-order chi connectivity index (χ1) is 7.79. The van der Waals surface area contributed by atoms with Gasteiger partial charge in [0.1, 0.15) is 0 Å². The van der Waals surface area contributed by atoms with E-state index in [0.29, 0.717) is 0 Å². The Hall–Kier alpha value is -0.580. The molecule has 5 heteroatoms. The molecule has 17 heavy (non-hydrogen) atoms. The Balaban J connectivity index is 0.00000144. The predicted octanol–water partition coefficient (Wildman–Crippen LogP) is 1.42. The average molecular weight is 259 g/mol. The third-order valence-corrected chi connectivity index (χ3v) is 3.13. The fraction of sp³-hybridized carbons (Fsp3) is 0.750. The van der Waals surface area contributed by atoms with Crippen LogP contribution in [0.2, 0.25) is 0 Å². The lowest BCUT2D eigenvalue weighted by atomic mass is 10.3. The van der Waals surface area contributed by atoms with Gasteiger partial charge in [0.2, 0.25) is 0 Å². The SMILES string of the molecule is CCN(CCNCc1cnn(C)c1)C1CC1.Cl. The monoisotopic (exact) mass is 258 g/mol. The summed E-state index contributed by atoms with van der Waals surface area (Å²) in [4.78, 5) is 2.57. The molecular weight excluding hydrogens is 236 g/mol. The quantitative estimate of drug-likeness (QED) is 0.751.